The highest BCUT2D eigenvalue weighted by Gasteiger charge is 2.24. The fraction of sp³-hybridized carbons (Fsp3) is 0.542. The predicted octanol–water partition coefficient (Wildman–Crippen LogP) is 5.82. The van der Waals surface area contributed by atoms with Gasteiger partial charge in [0.1, 0.15) is 11.3 Å². The Morgan fingerprint density at radius 3 is 2.34 bits per heavy atom. The van der Waals surface area contributed by atoms with Gasteiger partial charge in [0.2, 0.25) is 5.95 Å². The molecule has 0 amide bonds. The van der Waals surface area contributed by atoms with Gasteiger partial charge in [0.05, 0.1) is 12.7 Å². The zero-order chi connectivity index (χ0) is 20.1. The zero-order valence-corrected chi connectivity index (χ0v) is 17.9. The van der Waals surface area contributed by atoms with E-state index in [2.05, 4.69) is 47.6 Å². The Kier molecular flexibility index (Phi) is 6.43. The third kappa shape index (κ3) is 4.29. The summed E-state index contributed by atoms with van der Waals surface area (Å²) in [5, 5.41) is 0. The molecular formula is C24H33N5. The largest absolute Gasteiger partial charge is 0.341 e. The molecule has 0 fully saturated rings. The van der Waals surface area contributed by atoms with E-state index in [0.717, 1.165) is 42.6 Å². The second-order valence-corrected chi connectivity index (χ2v) is 8.17. The van der Waals surface area contributed by atoms with Crippen LogP contribution in [0.25, 0.3) is 22.6 Å². The molecule has 0 bridgehead atoms. The molecule has 0 spiro atoms. The van der Waals surface area contributed by atoms with Crippen molar-refractivity contribution in [2.75, 3.05) is 18.0 Å². The molecule has 0 N–H and O–H groups in total. The van der Waals surface area contributed by atoms with Crippen molar-refractivity contribution in [3.05, 3.63) is 36.0 Å². The lowest BCUT2D eigenvalue weighted by atomic mass is 10.1. The topological polar surface area (TPSA) is 46.8 Å². The molecule has 0 radical (unpaired) electrons. The number of unbranched alkanes of at least 4 members (excludes halogenated alkanes) is 6. The van der Waals surface area contributed by atoms with Crippen molar-refractivity contribution in [2.24, 2.45) is 0 Å². The Balaban J connectivity index is 1.57. The summed E-state index contributed by atoms with van der Waals surface area (Å²) in [6.45, 7) is 7.46. The predicted molar refractivity (Wildman–Crippen MR) is 120 cm³/mol. The summed E-state index contributed by atoms with van der Waals surface area (Å²) in [6.07, 6.45) is 12.0. The number of hydrogen-bond donors (Lipinski definition) is 0. The van der Waals surface area contributed by atoms with E-state index in [4.69, 9.17) is 15.0 Å². The van der Waals surface area contributed by atoms with Gasteiger partial charge in [-0.25, -0.2) is 9.97 Å². The molecule has 1 aliphatic rings. The molecule has 5 nitrogen and oxygen atoms in total. The average Bonchev–Trinajstić information content (AvgIpc) is 3.28. The van der Waals surface area contributed by atoms with Crippen LogP contribution in [0.5, 0.6) is 0 Å². The van der Waals surface area contributed by atoms with Crippen LogP contribution in [0.15, 0.2) is 30.5 Å². The molecule has 1 aromatic carbocycles. The Bertz CT molecular complexity index is 934. The molecular weight excluding hydrogens is 358 g/mol. The molecule has 2 aromatic heterocycles. The third-order valence-corrected chi connectivity index (χ3v) is 5.91. The fourth-order valence-electron chi connectivity index (χ4n) is 4.23. The van der Waals surface area contributed by atoms with Gasteiger partial charge in [-0.1, -0.05) is 76.6 Å². The van der Waals surface area contributed by atoms with Gasteiger partial charge in [0.25, 0.3) is 0 Å². The first-order valence-electron chi connectivity index (χ1n) is 11.4. The van der Waals surface area contributed by atoms with E-state index in [1.807, 2.05) is 6.20 Å². The van der Waals surface area contributed by atoms with Crippen LogP contribution in [-0.4, -0.2) is 32.6 Å². The van der Waals surface area contributed by atoms with Crippen LogP contribution >= 0.6 is 0 Å². The molecule has 29 heavy (non-hydrogen) atoms. The lowest BCUT2D eigenvalue weighted by molar-refractivity contribution is 0.601. The van der Waals surface area contributed by atoms with Crippen molar-refractivity contribution in [1.82, 2.24) is 19.5 Å². The van der Waals surface area contributed by atoms with E-state index in [0.29, 0.717) is 0 Å². The number of benzene rings is 1. The van der Waals surface area contributed by atoms with Crippen LogP contribution in [0.1, 0.15) is 70.8 Å². The van der Waals surface area contributed by atoms with E-state index in [1.54, 1.807) is 0 Å². The first-order chi connectivity index (χ1) is 14.3. The van der Waals surface area contributed by atoms with E-state index in [1.165, 1.54) is 62.5 Å². The Morgan fingerprint density at radius 1 is 0.897 bits per heavy atom. The van der Waals surface area contributed by atoms with Crippen molar-refractivity contribution in [3.63, 3.8) is 0 Å². The number of rotatable bonds is 11. The standard InChI is InChI=1S/C24H33N5/c1-3-5-7-11-15-28(16-12-8-6-4-2)24-25-17-21-23(27-24)29-18-19-13-9-10-14-20(19)22(29)26-21/h9-10,13-14,17H,3-8,11-12,15-16,18H2,1-2H3. The highest BCUT2D eigenvalue weighted by molar-refractivity contribution is 5.80. The molecule has 0 aliphatic carbocycles. The van der Waals surface area contributed by atoms with Crippen LogP contribution in [0.4, 0.5) is 5.95 Å². The number of hydrogen-bond acceptors (Lipinski definition) is 4. The molecule has 0 atom stereocenters. The monoisotopic (exact) mass is 391 g/mol. The lowest BCUT2D eigenvalue weighted by Gasteiger charge is -2.22. The maximum absolute atomic E-state index is 5.00. The van der Waals surface area contributed by atoms with Gasteiger partial charge in [-0.3, -0.25) is 0 Å². The highest BCUT2D eigenvalue weighted by Crippen LogP contribution is 2.34. The summed E-state index contributed by atoms with van der Waals surface area (Å²) >= 11 is 0. The summed E-state index contributed by atoms with van der Waals surface area (Å²) in [5.41, 5.74) is 4.42. The minimum Gasteiger partial charge on any atom is -0.341 e. The van der Waals surface area contributed by atoms with Gasteiger partial charge < -0.3 is 9.47 Å². The SMILES string of the molecule is CCCCCCN(CCCCCC)c1ncc2nc3n(c2n1)Cc1ccccc1-3. The number of aromatic nitrogens is 4. The van der Waals surface area contributed by atoms with Crippen molar-refractivity contribution in [1.29, 1.82) is 0 Å². The molecule has 1 aliphatic heterocycles. The molecule has 3 aromatic rings. The average molecular weight is 392 g/mol. The molecule has 5 heteroatoms. The maximum atomic E-state index is 5.00. The maximum Gasteiger partial charge on any atom is 0.227 e. The minimum absolute atomic E-state index is 0.853. The molecule has 4 rings (SSSR count). The van der Waals surface area contributed by atoms with Gasteiger partial charge in [-0.05, 0) is 18.4 Å². The van der Waals surface area contributed by atoms with Crippen LogP contribution in [-0.2, 0) is 6.54 Å². The van der Waals surface area contributed by atoms with Gasteiger partial charge in [-0.2, -0.15) is 4.98 Å². The summed E-state index contributed by atoms with van der Waals surface area (Å²) < 4.78 is 2.25. The highest BCUT2D eigenvalue weighted by atomic mass is 15.3. The van der Waals surface area contributed by atoms with E-state index in [9.17, 15) is 0 Å². The summed E-state index contributed by atoms with van der Waals surface area (Å²) in [5.74, 6) is 1.89. The third-order valence-electron chi connectivity index (χ3n) is 5.91. The lowest BCUT2D eigenvalue weighted by Crippen LogP contribution is -2.27. The van der Waals surface area contributed by atoms with Crippen LogP contribution in [0.2, 0.25) is 0 Å². The number of anilines is 1. The smallest absolute Gasteiger partial charge is 0.227 e. The van der Waals surface area contributed by atoms with Crippen molar-refractivity contribution < 1.29 is 0 Å². The van der Waals surface area contributed by atoms with Crippen LogP contribution in [0.3, 0.4) is 0 Å². The van der Waals surface area contributed by atoms with E-state index in [-0.39, 0.29) is 0 Å². The van der Waals surface area contributed by atoms with Gasteiger partial charge in [-0.15, -0.1) is 0 Å². The normalized spacial score (nSPS) is 12.3. The first-order valence-corrected chi connectivity index (χ1v) is 11.4. The molecule has 154 valence electrons. The van der Waals surface area contributed by atoms with Crippen molar-refractivity contribution in [2.45, 2.75) is 71.8 Å². The minimum atomic E-state index is 0.853. The molecule has 0 unspecified atom stereocenters. The summed E-state index contributed by atoms with van der Waals surface area (Å²) in [7, 11) is 0. The Hall–Kier alpha value is -2.43. The number of imidazole rings is 1. The Morgan fingerprint density at radius 2 is 1.62 bits per heavy atom. The van der Waals surface area contributed by atoms with E-state index < -0.39 is 0 Å². The molecule has 0 saturated heterocycles. The number of fused-ring (bicyclic) bond motifs is 5. The fourth-order valence-corrected chi connectivity index (χ4v) is 4.23. The first kappa shape index (κ1) is 19.9. The van der Waals surface area contributed by atoms with E-state index >= 15 is 0 Å². The quantitative estimate of drug-likeness (QED) is 0.302. The number of nitrogens with zero attached hydrogens (tertiary/aromatic N) is 5. The van der Waals surface area contributed by atoms with Crippen molar-refractivity contribution in [3.8, 4) is 11.4 Å². The van der Waals surface area contributed by atoms with Gasteiger partial charge >= 0.3 is 0 Å². The second-order valence-electron chi connectivity index (χ2n) is 8.17. The van der Waals surface area contributed by atoms with Crippen LogP contribution < -0.4 is 4.90 Å². The van der Waals surface area contributed by atoms with Gasteiger partial charge in [0.15, 0.2) is 5.65 Å². The summed E-state index contributed by atoms with van der Waals surface area (Å²) in [6, 6.07) is 8.52. The zero-order valence-electron chi connectivity index (χ0n) is 17.9. The van der Waals surface area contributed by atoms with Crippen molar-refractivity contribution >= 4 is 17.1 Å². The second kappa shape index (κ2) is 9.38. The molecule has 3 heterocycles. The van der Waals surface area contributed by atoms with Crippen LogP contribution in [0, 0.1) is 0 Å². The molecule has 0 saturated carbocycles. The summed E-state index contributed by atoms with van der Waals surface area (Å²) in [4.78, 5) is 16.9. The van der Waals surface area contributed by atoms with Gasteiger partial charge in [0, 0.05) is 18.7 Å². The Labute approximate surface area is 174 Å².